The number of aromatic nitrogens is 1. The van der Waals surface area contributed by atoms with Crippen LogP contribution in [-0.2, 0) is 16.3 Å². The van der Waals surface area contributed by atoms with Crippen molar-refractivity contribution in [3.8, 4) is 0 Å². The fraction of sp³-hybridized carbons (Fsp3) is 0.500. The van der Waals surface area contributed by atoms with E-state index in [2.05, 4.69) is 45.0 Å². The number of sulfone groups is 1. The average molecular weight is 365 g/mol. The van der Waals surface area contributed by atoms with Crippen molar-refractivity contribution in [3.05, 3.63) is 36.0 Å². The Labute approximate surface area is 150 Å². The summed E-state index contributed by atoms with van der Waals surface area (Å²) in [7, 11) is -1.21. The molecule has 6 nitrogen and oxygen atoms in total. The monoisotopic (exact) mass is 364 g/mol. The van der Waals surface area contributed by atoms with Crippen LogP contribution in [0.3, 0.4) is 0 Å². The highest BCUT2D eigenvalue weighted by atomic mass is 32.2. The largest absolute Gasteiger partial charge is 0.361 e. The average Bonchev–Trinajstić information content (AvgIpc) is 2.98. The number of rotatable bonds is 8. The van der Waals surface area contributed by atoms with Gasteiger partial charge >= 0.3 is 0 Å². The minimum absolute atomic E-state index is 0.0505. The minimum Gasteiger partial charge on any atom is -0.361 e. The Kier molecular flexibility index (Phi) is 6.87. The van der Waals surface area contributed by atoms with Gasteiger partial charge in [0.1, 0.15) is 9.84 Å². The zero-order valence-electron chi connectivity index (χ0n) is 15.2. The molecule has 138 valence electrons. The highest BCUT2D eigenvalue weighted by Crippen LogP contribution is 2.18. The number of guanidine groups is 1. The number of aliphatic imine (C=N–C) groups is 1. The fourth-order valence-corrected chi connectivity index (χ4v) is 3.50. The van der Waals surface area contributed by atoms with Crippen LogP contribution in [0.25, 0.3) is 10.9 Å². The maximum absolute atomic E-state index is 11.2. The van der Waals surface area contributed by atoms with E-state index in [-0.39, 0.29) is 11.8 Å². The Morgan fingerprint density at radius 1 is 1.32 bits per heavy atom. The summed E-state index contributed by atoms with van der Waals surface area (Å²) in [5.74, 6) is 0.888. The second-order valence-electron chi connectivity index (χ2n) is 6.43. The van der Waals surface area contributed by atoms with Gasteiger partial charge in [-0.3, -0.25) is 4.99 Å². The lowest BCUT2D eigenvalue weighted by Crippen LogP contribution is -2.43. The number of nitrogens with zero attached hydrogens (tertiary/aromatic N) is 1. The van der Waals surface area contributed by atoms with Crippen molar-refractivity contribution in [2.45, 2.75) is 32.2 Å². The van der Waals surface area contributed by atoms with Gasteiger partial charge in [0, 0.05) is 43.0 Å². The van der Waals surface area contributed by atoms with Gasteiger partial charge in [0.2, 0.25) is 0 Å². The van der Waals surface area contributed by atoms with Gasteiger partial charge in [0.05, 0.1) is 5.75 Å². The lowest BCUT2D eigenvalue weighted by Gasteiger charge is -2.17. The van der Waals surface area contributed by atoms with Gasteiger partial charge in [-0.1, -0.05) is 18.2 Å². The Morgan fingerprint density at radius 2 is 2.08 bits per heavy atom. The summed E-state index contributed by atoms with van der Waals surface area (Å²) in [5.41, 5.74) is 2.49. The number of nitrogens with one attached hydrogen (secondary N) is 3. The summed E-state index contributed by atoms with van der Waals surface area (Å²) in [6.07, 6.45) is 5.87. The summed E-state index contributed by atoms with van der Waals surface area (Å²) >= 11 is 0. The maximum atomic E-state index is 11.2. The van der Waals surface area contributed by atoms with Crippen LogP contribution in [0.4, 0.5) is 0 Å². The molecule has 1 atom stereocenters. The first-order chi connectivity index (χ1) is 11.9. The molecule has 1 aromatic carbocycles. The van der Waals surface area contributed by atoms with Crippen LogP contribution in [0, 0.1) is 0 Å². The van der Waals surface area contributed by atoms with Crippen LogP contribution in [0.5, 0.6) is 0 Å². The molecule has 1 unspecified atom stereocenters. The zero-order chi connectivity index (χ0) is 18.3. The summed E-state index contributed by atoms with van der Waals surface area (Å²) in [4.78, 5) is 7.49. The molecule has 25 heavy (non-hydrogen) atoms. The Balaban J connectivity index is 1.74. The van der Waals surface area contributed by atoms with Gasteiger partial charge < -0.3 is 15.6 Å². The third-order valence-electron chi connectivity index (χ3n) is 4.12. The molecule has 0 aliphatic heterocycles. The van der Waals surface area contributed by atoms with E-state index in [9.17, 15) is 8.42 Å². The molecule has 0 saturated heterocycles. The van der Waals surface area contributed by atoms with Gasteiger partial charge in [-0.2, -0.15) is 0 Å². The van der Waals surface area contributed by atoms with Crippen LogP contribution in [0.1, 0.15) is 25.3 Å². The molecule has 1 heterocycles. The summed E-state index contributed by atoms with van der Waals surface area (Å²) in [6, 6.07) is 8.36. The molecule has 0 amide bonds. The topological polar surface area (TPSA) is 86.3 Å². The standard InChI is InChI=1S/C18H28N4O2S/c1-14(10-12-25(3,23)24)22-18(19-2)20-11-6-7-15-13-21-17-9-5-4-8-16(15)17/h4-5,8-9,13-14,21H,6-7,10-12H2,1-3H3,(H2,19,20,22). The van der Waals surface area contributed by atoms with Crippen molar-refractivity contribution in [3.63, 3.8) is 0 Å². The molecule has 0 aliphatic carbocycles. The predicted octanol–water partition coefficient (Wildman–Crippen LogP) is 2.09. The quantitative estimate of drug-likeness (QED) is 0.380. The summed E-state index contributed by atoms with van der Waals surface area (Å²) < 4.78 is 22.5. The zero-order valence-corrected chi connectivity index (χ0v) is 16.0. The molecule has 2 aromatic rings. The molecule has 0 radical (unpaired) electrons. The van der Waals surface area contributed by atoms with E-state index in [0.29, 0.717) is 12.4 Å². The first-order valence-electron chi connectivity index (χ1n) is 8.59. The lowest BCUT2D eigenvalue weighted by atomic mass is 10.1. The van der Waals surface area contributed by atoms with Crippen molar-refractivity contribution >= 4 is 26.7 Å². The van der Waals surface area contributed by atoms with Gasteiger partial charge in [-0.15, -0.1) is 0 Å². The van der Waals surface area contributed by atoms with E-state index in [1.807, 2.05) is 13.0 Å². The van der Waals surface area contributed by atoms with E-state index in [0.717, 1.165) is 19.4 Å². The van der Waals surface area contributed by atoms with E-state index < -0.39 is 9.84 Å². The van der Waals surface area contributed by atoms with E-state index in [1.165, 1.54) is 22.7 Å². The maximum Gasteiger partial charge on any atom is 0.191 e. The lowest BCUT2D eigenvalue weighted by molar-refractivity contribution is 0.580. The molecule has 7 heteroatoms. The number of aryl methyl sites for hydroxylation is 1. The van der Waals surface area contributed by atoms with Crippen LogP contribution in [0.15, 0.2) is 35.5 Å². The SMILES string of the molecule is CN=C(NCCCc1c[nH]c2ccccc12)NC(C)CCS(C)(=O)=O. The second-order valence-corrected chi connectivity index (χ2v) is 8.69. The molecule has 2 rings (SSSR count). The number of hydrogen-bond acceptors (Lipinski definition) is 3. The van der Waals surface area contributed by atoms with Crippen molar-refractivity contribution in [1.82, 2.24) is 15.6 Å². The van der Waals surface area contributed by atoms with E-state index >= 15 is 0 Å². The molecule has 0 fully saturated rings. The molecule has 0 aliphatic rings. The fourth-order valence-electron chi connectivity index (χ4n) is 2.72. The Hall–Kier alpha value is -2.02. The van der Waals surface area contributed by atoms with Gasteiger partial charge in [-0.05, 0) is 37.8 Å². The number of fused-ring (bicyclic) bond motifs is 1. The number of aromatic amines is 1. The predicted molar refractivity (Wildman–Crippen MR) is 105 cm³/mol. The van der Waals surface area contributed by atoms with Crippen molar-refractivity contribution < 1.29 is 8.42 Å². The first-order valence-corrected chi connectivity index (χ1v) is 10.6. The number of hydrogen-bond donors (Lipinski definition) is 3. The van der Waals surface area contributed by atoms with Gasteiger partial charge in [-0.25, -0.2) is 8.42 Å². The van der Waals surface area contributed by atoms with Crippen LogP contribution in [0.2, 0.25) is 0 Å². The molecular formula is C18H28N4O2S. The normalized spacial score (nSPS) is 13.8. The van der Waals surface area contributed by atoms with Crippen LogP contribution >= 0.6 is 0 Å². The number of para-hydroxylation sites is 1. The van der Waals surface area contributed by atoms with E-state index in [4.69, 9.17) is 0 Å². The second kappa shape index (κ2) is 8.89. The highest BCUT2D eigenvalue weighted by Gasteiger charge is 2.09. The molecule has 0 saturated carbocycles. The smallest absolute Gasteiger partial charge is 0.191 e. The van der Waals surface area contributed by atoms with Crippen LogP contribution in [-0.4, -0.2) is 51.0 Å². The molecule has 1 aromatic heterocycles. The minimum atomic E-state index is -2.93. The summed E-state index contributed by atoms with van der Waals surface area (Å²) in [5, 5.41) is 7.80. The number of benzene rings is 1. The van der Waals surface area contributed by atoms with Crippen molar-refractivity contribution in [1.29, 1.82) is 0 Å². The molecule has 3 N–H and O–H groups in total. The first kappa shape index (κ1) is 19.3. The van der Waals surface area contributed by atoms with E-state index in [1.54, 1.807) is 7.05 Å². The van der Waals surface area contributed by atoms with Crippen molar-refractivity contribution in [2.75, 3.05) is 25.6 Å². The highest BCUT2D eigenvalue weighted by molar-refractivity contribution is 7.90. The Morgan fingerprint density at radius 3 is 2.80 bits per heavy atom. The third-order valence-corrected chi connectivity index (χ3v) is 5.10. The molecule has 0 bridgehead atoms. The summed E-state index contributed by atoms with van der Waals surface area (Å²) in [6.45, 7) is 2.77. The number of H-pyrrole nitrogens is 1. The third kappa shape index (κ3) is 6.42. The van der Waals surface area contributed by atoms with Gasteiger partial charge in [0.25, 0.3) is 0 Å². The van der Waals surface area contributed by atoms with Crippen LogP contribution < -0.4 is 10.6 Å². The molecular weight excluding hydrogens is 336 g/mol. The molecule has 0 spiro atoms. The van der Waals surface area contributed by atoms with Gasteiger partial charge in [0.15, 0.2) is 5.96 Å². The van der Waals surface area contributed by atoms with Crippen molar-refractivity contribution in [2.24, 2.45) is 4.99 Å². The Bertz CT molecular complexity index is 811.